The highest BCUT2D eigenvalue weighted by molar-refractivity contribution is 5.77. The van der Waals surface area contributed by atoms with Crippen LogP contribution in [0.25, 0.3) is 0 Å². The molecule has 1 aliphatic carbocycles. The third kappa shape index (κ3) is 4.27. The molecule has 0 spiro atoms. The van der Waals surface area contributed by atoms with Crippen molar-refractivity contribution in [2.75, 3.05) is 0 Å². The topological polar surface area (TPSA) is 55.1 Å². The fourth-order valence-corrected chi connectivity index (χ4v) is 1.43. The molecule has 0 aromatic rings. The summed E-state index contributed by atoms with van der Waals surface area (Å²) in [6, 6.07) is 0.329. The van der Waals surface area contributed by atoms with Crippen LogP contribution >= 0.6 is 0 Å². The monoisotopic (exact) mass is 184 g/mol. The zero-order valence-electron chi connectivity index (χ0n) is 8.76. The van der Waals surface area contributed by atoms with Crippen LogP contribution in [0.2, 0.25) is 0 Å². The van der Waals surface area contributed by atoms with Gasteiger partial charge in [-0.15, -0.1) is 0 Å². The van der Waals surface area contributed by atoms with E-state index in [2.05, 4.69) is 12.2 Å². The van der Waals surface area contributed by atoms with Gasteiger partial charge in [-0.1, -0.05) is 0 Å². The van der Waals surface area contributed by atoms with Crippen LogP contribution in [0.15, 0.2) is 0 Å². The van der Waals surface area contributed by atoms with Gasteiger partial charge in [-0.2, -0.15) is 0 Å². The minimum absolute atomic E-state index is 0.0758. The van der Waals surface area contributed by atoms with Gasteiger partial charge in [0.2, 0.25) is 5.91 Å². The molecule has 1 fully saturated rings. The molecule has 0 radical (unpaired) electrons. The predicted octanol–water partition coefficient (Wildman–Crippen LogP) is 1.03. The van der Waals surface area contributed by atoms with Crippen molar-refractivity contribution in [3.05, 3.63) is 0 Å². The van der Waals surface area contributed by atoms with Gasteiger partial charge in [-0.05, 0) is 39.5 Å². The standard InChI is InChI=1S/C10H20N2O/c1-7(8-4-5-8)12-9(13)6-10(2,3)11/h7-8H,4-6,11H2,1-3H3,(H,12,13). The summed E-state index contributed by atoms with van der Waals surface area (Å²) in [5.74, 6) is 0.789. The lowest BCUT2D eigenvalue weighted by molar-refractivity contribution is -0.122. The Morgan fingerprint density at radius 1 is 1.62 bits per heavy atom. The first kappa shape index (κ1) is 10.5. The number of carbonyl (C=O) groups excluding carboxylic acids is 1. The Morgan fingerprint density at radius 2 is 2.15 bits per heavy atom. The minimum atomic E-state index is -0.395. The largest absolute Gasteiger partial charge is 0.353 e. The molecular formula is C10H20N2O. The van der Waals surface area contributed by atoms with Crippen molar-refractivity contribution in [3.63, 3.8) is 0 Å². The van der Waals surface area contributed by atoms with E-state index in [9.17, 15) is 4.79 Å². The van der Waals surface area contributed by atoms with Crippen molar-refractivity contribution in [1.82, 2.24) is 5.32 Å². The Kier molecular flexibility index (Phi) is 2.96. The summed E-state index contributed by atoms with van der Waals surface area (Å²) in [7, 11) is 0. The van der Waals surface area contributed by atoms with E-state index in [0.29, 0.717) is 18.4 Å². The van der Waals surface area contributed by atoms with Crippen LogP contribution < -0.4 is 11.1 Å². The van der Waals surface area contributed by atoms with Gasteiger partial charge in [0.05, 0.1) is 0 Å². The lowest BCUT2D eigenvalue weighted by Gasteiger charge is -2.20. The summed E-state index contributed by atoms with van der Waals surface area (Å²) in [6.45, 7) is 5.81. The number of rotatable bonds is 4. The van der Waals surface area contributed by atoms with Crippen molar-refractivity contribution in [3.8, 4) is 0 Å². The number of amides is 1. The summed E-state index contributed by atoms with van der Waals surface area (Å²) in [5, 5.41) is 2.98. The van der Waals surface area contributed by atoms with E-state index in [0.717, 1.165) is 0 Å². The summed E-state index contributed by atoms with van der Waals surface area (Å²) in [6.07, 6.45) is 2.92. The third-order valence-corrected chi connectivity index (χ3v) is 2.33. The maximum absolute atomic E-state index is 11.4. The van der Waals surface area contributed by atoms with Gasteiger partial charge in [-0.3, -0.25) is 4.79 Å². The van der Waals surface area contributed by atoms with Gasteiger partial charge in [0.25, 0.3) is 0 Å². The van der Waals surface area contributed by atoms with Crippen LogP contribution in [-0.2, 0) is 4.79 Å². The van der Waals surface area contributed by atoms with Crippen molar-refractivity contribution >= 4 is 5.91 Å². The molecule has 1 saturated carbocycles. The molecule has 3 nitrogen and oxygen atoms in total. The molecule has 0 aliphatic heterocycles. The second-order valence-corrected chi connectivity index (χ2v) is 4.86. The third-order valence-electron chi connectivity index (χ3n) is 2.33. The highest BCUT2D eigenvalue weighted by Crippen LogP contribution is 2.32. The highest BCUT2D eigenvalue weighted by Gasteiger charge is 2.29. The van der Waals surface area contributed by atoms with E-state index >= 15 is 0 Å². The fourth-order valence-electron chi connectivity index (χ4n) is 1.43. The number of hydrogen-bond donors (Lipinski definition) is 2. The maximum atomic E-state index is 11.4. The first-order valence-corrected chi connectivity index (χ1v) is 4.97. The van der Waals surface area contributed by atoms with Crippen molar-refractivity contribution in [2.45, 2.75) is 51.6 Å². The van der Waals surface area contributed by atoms with Crippen molar-refractivity contribution in [2.24, 2.45) is 11.7 Å². The van der Waals surface area contributed by atoms with Gasteiger partial charge in [-0.25, -0.2) is 0 Å². The van der Waals surface area contributed by atoms with Crippen LogP contribution in [0, 0.1) is 5.92 Å². The fraction of sp³-hybridized carbons (Fsp3) is 0.900. The number of carbonyl (C=O) groups is 1. The van der Waals surface area contributed by atoms with Crippen LogP contribution in [0.5, 0.6) is 0 Å². The molecule has 0 bridgehead atoms. The number of nitrogens with two attached hydrogens (primary N) is 1. The van der Waals surface area contributed by atoms with Crippen LogP contribution in [0.1, 0.15) is 40.0 Å². The number of nitrogens with one attached hydrogen (secondary N) is 1. The zero-order chi connectivity index (χ0) is 10.1. The van der Waals surface area contributed by atoms with Gasteiger partial charge in [0, 0.05) is 18.0 Å². The summed E-state index contributed by atoms with van der Waals surface area (Å²) in [5.41, 5.74) is 5.35. The van der Waals surface area contributed by atoms with E-state index in [1.165, 1.54) is 12.8 Å². The second-order valence-electron chi connectivity index (χ2n) is 4.86. The Balaban J connectivity index is 2.24. The van der Waals surface area contributed by atoms with Crippen LogP contribution in [-0.4, -0.2) is 17.5 Å². The predicted molar refractivity (Wildman–Crippen MR) is 53.2 cm³/mol. The maximum Gasteiger partial charge on any atom is 0.222 e. The Bertz CT molecular complexity index is 192. The molecule has 3 heteroatoms. The minimum Gasteiger partial charge on any atom is -0.353 e. The van der Waals surface area contributed by atoms with Gasteiger partial charge in [0.1, 0.15) is 0 Å². The SMILES string of the molecule is CC(NC(=O)CC(C)(C)N)C1CC1. The molecule has 76 valence electrons. The Hall–Kier alpha value is -0.570. The van der Waals surface area contributed by atoms with Gasteiger partial charge in [0.15, 0.2) is 0 Å². The molecule has 0 aromatic carbocycles. The zero-order valence-corrected chi connectivity index (χ0v) is 8.76. The molecule has 1 unspecified atom stereocenters. The van der Waals surface area contributed by atoms with E-state index in [1.807, 2.05) is 13.8 Å². The van der Waals surface area contributed by atoms with E-state index < -0.39 is 5.54 Å². The van der Waals surface area contributed by atoms with E-state index in [1.54, 1.807) is 0 Å². The van der Waals surface area contributed by atoms with Crippen LogP contribution in [0.4, 0.5) is 0 Å². The first-order valence-electron chi connectivity index (χ1n) is 4.97. The molecule has 0 aromatic heterocycles. The molecule has 1 rings (SSSR count). The second kappa shape index (κ2) is 3.66. The first-order chi connectivity index (χ1) is 5.88. The summed E-state index contributed by atoms with van der Waals surface area (Å²) >= 11 is 0. The van der Waals surface area contributed by atoms with Gasteiger partial charge >= 0.3 is 0 Å². The molecule has 0 heterocycles. The lowest BCUT2D eigenvalue weighted by atomic mass is 10.0. The molecule has 1 amide bonds. The normalized spacial score (nSPS) is 19.7. The number of hydrogen-bond acceptors (Lipinski definition) is 2. The summed E-state index contributed by atoms with van der Waals surface area (Å²) in [4.78, 5) is 11.4. The highest BCUT2D eigenvalue weighted by atomic mass is 16.1. The van der Waals surface area contributed by atoms with Gasteiger partial charge < -0.3 is 11.1 Å². The molecule has 13 heavy (non-hydrogen) atoms. The molecule has 0 saturated heterocycles. The molecular weight excluding hydrogens is 164 g/mol. The van der Waals surface area contributed by atoms with E-state index in [-0.39, 0.29) is 5.91 Å². The van der Waals surface area contributed by atoms with Crippen LogP contribution in [0.3, 0.4) is 0 Å². The Morgan fingerprint density at radius 3 is 2.54 bits per heavy atom. The average molecular weight is 184 g/mol. The average Bonchev–Trinajstić information content (AvgIpc) is 2.60. The molecule has 1 atom stereocenters. The summed E-state index contributed by atoms with van der Waals surface area (Å²) < 4.78 is 0. The Labute approximate surface area is 80.1 Å². The molecule has 1 aliphatic rings. The molecule has 3 N–H and O–H groups in total. The quantitative estimate of drug-likeness (QED) is 0.685. The van der Waals surface area contributed by atoms with E-state index in [4.69, 9.17) is 5.73 Å². The van der Waals surface area contributed by atoms with Crippen molar-refractivity contribution < 1.29 is 4.79 Å². The van der Waals surface area contributed by atoms with Crippen molar-refractivity contribution in [1.29, 1.82) is 0 Å². The lowest BCUT2D eigenvalue weighted by Crippen LogP contribution is -2.42. The smallest absolute Gasteiger partial charge is 0.222 e.